The first-order chi connectivity index (χ1) is 17.9. The molecule has 11 heteroatoms. The van der Waals surface area contributed by atoms with Crippen LogP contribution in [-0.4, -0.2) is 24.3 Å². The van der Waals surface area contributed by atoms with E-state index in [-0.39, 0.29) is 15.9 Å². The number of hydrogen-bond acceptors (Lipinski definition) is 9. The van der Waals surface area contributed by atoms with Gasteiger partial charge in [0.1, 0.15) is 5.75 Å². The molecule has 0 saturated heterocycles. The summed E-state index contributed by atoms with van der Waals surface area (Å²) in [5, 5.41) is 10.5. The zero-order valence-electron chi connectivity index (χ0n) is 19.4. The third kappa shape index (κ3) is 5.85. The van der Waals surface area contributed by atoms with Gasteiger partial charge in [0.2, 0.25) is 0 Å². The van der Waals surface area contributed by atoms with Gasteiger partial charge in [-0.15, -0.1) is 22.7 Å². The first-order valence-corrected chi connectivity index (χ1v) is 14.2. The summed E-state index contributed by atoms with van der Waals surface area (Å²) < 4.78 is 29.8. The highest BCUT2D eigenvalue weighted by Gasteiger charge is 2.18. The minimum atomic E-state index is -3.90. The quantitative estimate of drug-likeness (QED) is 0.218. The van der Waals surface area contributed by atoms with Crippen LogP contribution in [0.4, 0.5) is 16.5 Å². The highest BCUT2D eigenvalue weighted by atomic mass is 32.3. The van der Waals surface area contributed by atoms with Gasteiger partial charge in [0.15, 0.2) is 9.34 Å². The number of nitrogens with zero attached hydrogens (tertiary/aromatic N) is 2. The van der Waals surface area contributed by atoms with Gasteiger partial charge in [0.05, 0.1) is 5.69 Å². The fourth-order valence-corrected chi connectivity index (χ4v) is 5.98. The highest BCUT2D eigenvalue weighted by molar-refractivity contribution is 7.89. The molecular formula is C26H20N4O4S3. The van der Waals surface area contributed by atoms with E-state index >= 15 is 0 Å². The average Bonchev–Trinajstić information content (AvgIpc) is 3.60. The molecule has 8 nitrogen and oxygen atoms in total. The van der Waals surface area contributed by atoms with Gasteiger partial charge in [0, 0.05) is 40.3 Å². The minimum Gasteiger partial charge on any atom is -0.378 e. The van der Waals surface area contributed by atoms with Gasteiger partial charge in [-0.1, -0.05) is 12.1 Å². The number of amides is 1. The number of thiazole rings is 1. The predicted octanol–water partition coefficient (Wildman–Crippen LogP) is 6.34. The molecular weight excluding hydrogens is 529 g/mol. The molecule has 0 aliphatic carbocycles. The van der Waals surface area contributed by atoms with Gasteiger partial charge in [-0.25, -0.2) is 4.98 Å². The van der Waals surface area contributed by atoms with E-state index in [0.29, 0.717) is 11.3 Å². The Hall–Kier alpha value is -4.06. The number of pyridine rings is 1. The smallest absolute Gasteiger partial charge is 0.348 e. The van der Waals surface area contributed by atoms with Gasteiger partial charge in [-0.05, 0) is 72.5 Å². The number of thiophene rings is 1. The van der Waals surface area contributed by atoms with Crippen LogP contribution in [0.1, 0.15) is 15.9 Å². The predicted molar refractivity (Wildman–Crippen MR) is 146 cm³/mol. The van der Waals surface area contributed by atoms with Crippen molar-refractivity contribution in [2.24, 2.45) is 0 Å². The van der Waals surface area contributed by atoms with Crippen LogP contribution in [0, 0.1) is 6.92 Å². The van der Waals surface area contributed by atoms with Crippen molar-refractivity contribution in [3.8, 4) is 17.0 Å². The molecule has 1 amide bonds. The summed E-state index contributed by atoms with van der Waals surface area (Å²) in [6, 6.07) is 18.4. The Kier molecular flexibility index (Phi) is 6.99. The van der Waals surface area contributed by atoms with Crippen molar-refractivity contribution < 1.29 is 17.4 Å². The monoisotopic (exact) mass is 548 g/mol. The number of nitrogens with one attached hydrogen (secondary N) is 2. The number of carbonyl (C=O) groups excluding carboxylic acids is 1. The number of anilines is 3. The lowest BCUT2D eigenvalue weighted by molar-refractivity contribution is 0.102. The Balaban J connectivity index is 1.26. The third-order valence-corrected chi connectivity index (χ3v) is 8.62. The molecule has 186 valence electrons. The van der Waals surface area contributed by atoms with Crippen LogP contribution in [0.25, 0.3) is 11.3 Å². The van der Waals surface area contributed by atoms with Crippen LogP contribution >= 0.6 is 22.7 Å². The fraction of sp³-hybridized carbons (Fsp3) is 0.0385. The summed E-state index contributed by atoms with van der Waals surface area (Å²) in [6.07, 6.45) is 3.48. The molecule has 3 heterocycles. The maximum Gasteiger partial charge on any atom is 0.348 e. The molecule has 0 unspecified atom stereocenters. The zero-order valence-corrected chi connectivity index (χ0v) is 21.9. The molecule has 0 saturated carbocycles. The minimum absolute atomic E-state index is 0.115. The third-order valence-electron chi connectivity index (χ3n) is 5.26. The van der Waals surface area contributed by atoms with E-state index in [1.165, 1.54) is 41.7 Å². The van der Waals surface area contributed by atoms with Crippen molar-refractivity contribution in [3.63, 3.8) is 0 Å². The van der Waals surface area contributed by atoms with Gasteiger partial charge in [-0.2, -0.15) is 8.42 Å². The molecule has 37 heavy (non-hydrogen) atoms. The maximum atomic E-state index is 12.8. The van der Waals surface area contributed by atoms with Crippen LogP contribution < -0.4 is 14.8 Å². The van der Waals surface area contributed by atoms with Crippen LogP contribution in [0.2, 0.25) is 0 Å². The van der Waals surface area contributed by atoms with Crippen LogP contribution in [0.5, 0.6) is 5.75 Å². The first-order valence-electron chi connectivity index (χ1n) is 11.0. The maximum absolute atomic E-state index is 12.8. The second-order valence-corrected chi connectivity index (χ2v) is 11.5. The molecule has 0 aliphatic heterocycles. The Morgan fingerprint density at radius 3 is 2.57 bits per heavy atom. The summed E-state index contributed by atoms with van der Waals surface area (Å²) in [5.41, 5.74) is 4.53. The lowest BCUT2D eigenvalue weighted by atomic mass is 10.1. The van der Waals surface area contributed by atoms with Crippen molar-refractivity contribution in [1.29, 1.82) is 0 Å². The van der Waals surface area contributed by atoms with E-state index in [2.05, 4.69) is 20.6 Å². The molecule has 2 N–H and O–H groups in total. The summed E-state index contributed by atoms with van der Waals surface area (Å²) in [6.45, 7) is 1.96. The van der Waals surface area contributed by atoms with E-state index in [4.69, 9.17) is 4.18 Å². The molecule has 0 fully saturated rings. The molecule has 5 aromatic rings. The number of carbonyl (C=O) groups is 1. The van der Waals surface area contributed by atoms with Crippen LogP contribution in [0.3, 0.4) is 0 Å². The van der Waals surface area contributed by atoms with Crippen molar-refractivity contribution in [3.05, 3.63) is 101 Å². The second kappa shape index (κ2) is 10.5. The fourth-order valence-electron chi connectivity index (χ4n) is 3.37. The van der Waals surface area contributed by atoms with Gasteiger partial charge in [-0.3, -0.25) is 9.78 Å². The van der Waals surface area contributed by atoms with E-state index < -0.39 is 10.1 Å². The van der Waals surface area contributed by atoms with Crippen LogP contribution in [-0.2, 0) is 10.1 Å². The van der Waals surface area contributed by atoms with Crippen molar-refractivity contribution >= 4 is 55.2 Å². The van der Waals surface area contributed by atoms with Gasteiger partial charge >= 0.3 is 10.1 Å². The Morgan fingerprint density at radius 2 is 1.84 bits per heavy atom. The molecule has 0 spiro atoms. The zero-order chi connectivity index (χ0) is 25.8. The number of aryl methyl sites for hydroxylation is 1. The highest BCUT2D eigenvalue weighted by Crippen LogP contribution is 2.30. The van der Waals surface area contributed by atoms with Crippen molar-refractivity contribution in [2.75, 3.05) is 10.6 Å². The van der Waals surface area contributed by atoms with E-state index in [0.717, 1.165) is 39.0 Å². The SMILES string of the molecule is Cc1ccc(NC(=O)c2ccc(OS(=O)(=O)c3cccs3)cc2)cc1Nc1nc(-c2cccnc2)cs1. The average molecular weight is 549 g/mol. The molecule has 0 radical (unpaired) electrons. The standard InChI is InChI=1S/C26H20N4O4S3/c1-17-6-9-20(14-22(17)29-26-30-23(16-36-26)19-4-2-12-27-15-19)28-25(31)18-7-10-21(11-8-18)34-37(32,33)24-5-3-13-35-24/h2-16H,1H3,(H,28,31)(H,29,30). The van der Waals surface area contributed by atoms with E-state index in [1.54, 1.807) is 23.8 Å². The van der Waals surface area contributed by atoms with Gasteiger partial charge < -0.3 is 14.8 Å². The van der Waals surface area contributed by atoms with Crippen molar-refractivity contribution in [2.45, 2.75) is 11.1 Å². The van der Waals surface area contributed by atoms with Crippen molar-refractivity contribution in [1.82, 2.24) is 9.97 Å². The summed E-state index contributed by atoms with van der Waals surface area (Å²) in [4.78, 5) is 21.6. The Bertz CT molecular complexity index is 1630. The number of benzene rings is 2. The number of aromatic nitrogens is 2. The van der Waals surface area contributed by atoms with E-state index in [1.807, 2.05) is 42.6 Å². The molecule has 0 bridgehead atoms. The topological polar surface area (TPSA) is 110 Å². The normalized spacial score (nSPS) is 11.2. The lowest BCUT2D eigenvalue weighted by Crippen LogP contribution is -2.12. The van der Waals surface area contributed by atoms with E-state index in [9.17, 15) is 13.2 Å². The summed E-state index contributed by atoms with van der Waals surface area (Å²) in [7, 11) is -3.90. The second-order valence-electron chi connectivity index (χ2n) is 7.88. The summed E-state index contributed by atoms with van der Waals surface area (Å²) in [5.74, 6) is -0.212. The lowest BCUT2D eigenvalue weighted by Gasteiger charge is -2.11. The largest absolute Gasteiger partial charge is 0.378 e. The molecule has 5 rings (SSSR count). The number of hydrogen-bond donors (Lipinski definition) is 2. The molecule has 3 aromatic heterocycles. The number of rotatable bonds is 8. The summed E-state index contributed by atoms with van der Waals surface area (Å²) >= 11 is 2.55. The molecule has 2 aromatic carbocycles. The van der Waals surface area contributed by atoms with Crippen LogP contribution in [0.15, 0.2) is 94.1 Å². The molecule has 0 aliphatic rings. The molecule has 0 atom stereocenters. The first kappa shape index (κ1) is 24.6. The van der Waals surface area contributed by atoms with Gasteiger partial charge in [0.25, 0.3) is 5.91 Å². The Labute approximate surface area is 221 Å². The Morgan fingerprint density at radius 1 is 1.00 bits per heavy atom.